The zero-order chi connectivity index (χ0) is 18.8. The summed E-state index contributed by atoms with van der Waals surface area (Å²) in [5, 5.41) is 21.0. The van der Waals surface area contributed by atoms with E-state index in [1.54, 1.807) is 12.2 Å². The molecule has 0 aromatic rings. The smallest absolute Gasteiger partial charge is 0.242 e. The lowest BCUT2D eigenvalue weighted by molar-refractivity contribution is -0.533. The van der Waals surface area contributed by atoms with Gasteiger partial charge in [0.15, 0.2) is 6.29 Å². The summed E-state index contributed by atoms with van der Waals surface area (Å²) in [6, 6.07) is -0.953. The van der Waals surface area contributed by atoms with Gasteiger partial charge in [0.1, 0.15) is 6.10 Å². The van der Waals surface area contributed by atoms with Crippen molar-refractivity contribution in [1.82, 2.24) is 0 Å². The second kappa shape index (κ2) is 17.1. The van der Waals surface area contributed by atoms with Gasteiger partial charge >= 0.3 is 0 Å². The summed E-state index contributed by atoms with van der Waals surface area (Å²) in [4.78, 5) is 20.7. The van der Waals surface area contributed by atoms with Gasteiger partial charge in [-0.15, -0.1) is 0 Å². The van der Waals surface area contributed by atoms with Gasteiger partial charge < -0.3 is 5.11 Å². The van der Waals surface area contributed by atoms with E-state index in [0.717, 1.165) is 44.9 Å². The molecule has 0 heterocycles. The number of hydrogen-bond acceptors (Lipinski definition) is 4. The van der Waals surface area contributed by atoms with Crippen molar-refractivity contribution in [3.63, 3.8) is 0 Å². The number of nitrogens with zero attached hydrogens (tertiary/aromatic N) is 1. The van der Waals surface area contributed by atoms with Gasteiger partial charge in [-0.05, 0) is 38.5 Å². The summed E-state index contributed by atoms with van der Waals surface area (Å²) in [5.41, 5.74) is 0. The van der Waals surface area contributed by atoms with E-state index < -0.39 is 17.1 Å². The van der Waals surface area contributed by atoms with Gasteiger partial charge in [0, 0.05) is 17.8 Å². The van der Waals surface area contributed by atoms with Gasteiger partial charge in [0.2, 0.25) is 6.04 Å². The fourth-order valence-corrected chi connectivity index (χ4v) is 2.38. The van der Waals surface area contributed by atoms with Crippen molar-refractivity contribution in [2.45, 2.75) is 83.3 Å². The van der Waals surface area contributed by atoms with E-state index in [4.69, 9.17) is 0 Å². The van der Waals surface area contributed by atoms with Crippen molar-refractivity contribution in [3.05, 3.63) is 46.6 Å². The molecule has 0 aliphatic carbocycles. The van der Waals surface area contributed by atoms with E-state index in [1.807, 2.05) is 25.4 Å². The van der Waals surface area contributed by atoms with E-state index in [1.165, 1.54) is 0 Å². The SMILES string of the molecule is CC/C=C\CC(O)C(C/C=C\C/C=C\CCCCCC[C]=O)[N+](=O)[O-]. The Bertz CT molecular complexity index is 429. The maximum absolute atomic E-state index is 11.1. The van der Waals surface area contributed by atoms with Crippen LogP contribution in [0.25, 0.3) is 0 Å². The Hall–Kier alpha value is -1.75. The van der Waals surface area contributed by atoms with Crippen LogP contribution in [0.1, 0.15) is 71.1 Å². The molecule has 141 valence electrons. The molecule has 5 nitrogen and oxygen atoms in total. The van der Waals surface area contributed by atoms with Crippen LogP contribution in [0.2, 0.25) is 0 Å². The minimum absolute atomic E-state index is 0.246. The highest BCUT2D eigenvalue weighted by atomic mass is 16.6. The molecular formula is C20H32NO4. The molecule has 0 aromatic carbocycles. The molecular weight excluding hydrogens is 318 g/mol. The maximum Gasteiger partial charge on any atom is 0.242 e. The monoisotopic (exact) mass is 350 g/mol. The molecule has 0 bridgehead atoms. The second-order valence-corrected chi connectivity index (χ2v) is 6.05. The molecule has 0 amide bonds. The molecule has 0 fully saturated rings. The Morgan fingerprint density at radius 1 is 1.00 bits per heavy atom. The molecule has 0 aliphatic heterocycles. The highest BCUT2D eigenvalue weighted by molar-refractivity contribution is 5.50. The van der Waals surface area contributed by atoms with E-state index in [2.05, 4.69) is 12.2 Å². The fourth-order valence-electron chi connectivity index (χ4n) is 2.38. The van der Waals surface area contributed by atoms with Gasteiger partial charge in [-0.3, -0.25) is 14.9 Å². The largest absolute Gasteiger partial charge is 0.386 e. The molecule has 1 N–H and O–H groups in total. The van der Waals surface area contributed by atoms with Crippen molar-refractivity contribution >= 4 is 6.29 Å². The van der Waals surface area contributed by atoms with Crippen LogP contribution in [0.5, 0.6) is 0 Å². The first-order valence-electron chi connectivity index (χ1n) is 9.25. The Kier molecular flexibility index (Phi) is 15.9. The standard InChI is InChI=1S/C20H32NO4/c1-2-3-13-17-20(23)19(21(24)25)16-14-11-9-7-5-4-6-8-10-12-15-18-22/h3,5,7,11,13-14,19-20,23H,2,4,6,8-10,12,15-17H2,1H3/b7-5-,13-3-,14-11-. The Labute approximate surface area is 151 Å². The molecule has 0 saturated carbocycles. The Morgan fingerprint density at radius 2 is 1.68 bits per heavy atom. The Balaban J connectivity index is 3.90. The molecule has 0 saturated heterocycles. The van der Waals surface area contributed by atoms with E-state index in [-0.39, 0.29) is 6.42 Å². The zero-order valence-corrected chi connectivity index (χ0v) is 15.3. The zero-order valence-electron chi connectivity index (χ0n) is 15.3. The molecule has 25 heavy (non-hydrogen) atoms. The van der Waals surface area contributed by atoms with Crippen LogP contribution >= 0.6 is 0 Å². The molecule has 5 heteroatoms. The quantitative estimate of drug-likeness (QED) is 0.189. The van der Waals surface area contributed by atoms with Crippen molar-refractivity contribution in [2.24, 2.45) is 0 Å². The fraction of sp³-hybridized carbons (Fsp3) is 0.650. The number of allylic oxidation sites excluding steroid dienone is 4. The first-order valence-corrected chi connectivity index (χ1v) is 9.25. The number of hydrogen-bond donors (Lipinski definition) is 1. The van der Waals surface area contributed by atoms with Crippen LogP contribution in [-0.4, -0.2) is 28.5 Å². The molecule has 0 spiro atoms. The molecule has 2 atom stereocenters. The molecule has 0 aliphatic rings. The van der Waals surface area contributed by atoms with Crippen LogP contribution in [0.15, 0.2) is 36.5 Å². The average molecular weight is 350 g/mol. The molecule has 2 unspecified atom stereocenters. The lowest BCUT2D eigenvalue weighted by Crippen LogP contribution is -2.32. The van der Waals surface area contributed by atoms with Crippen LogP contribution < -0.4 is 0 Å². The minimum atomic E-state index is -0.953. The molecule has 0 rings (SSSR count). The van der Waals surface area contributed by atoms with Gasteiger partial charge in [0.05, 0.1) is 0 Å². The molecule has 1 radical (unpaired) electrons. The number of aliphatic hydroxyl groups excluding tert-OH is 1. The molecule has 0 aromatic heterocycles. The van der Waals surface area contributed by atoms with Crippen molar-refractivity contribution in [1.29, 1.82) is 0 Å². The third-order valence-electron chi connectivity index (χ3n) is 3.88. The van der Waals surface area contributed by atoms with Crippen LogP contribution in [0, 0.1) is 10.1 Å². The summed E-state index contributed by atoms with van der Waals surface area (Å²) in [5.74, 6) is 0. The predicted octanol–water partition coefficient (Wildman–Crippen LogP) is 4.69. The van der Waals surface area contributed by atoms with E-state index >= 15 is 0 Å². The highest BCUT2D eigenvalue weighted by Crippen LogP contribution is 2.10. The predicted molar refractivity (Wildman–Crippen MR) is 102 cm³/mol. The third kappa shape index (κ3) is 14.3. The van der Waals surface area contributed by atoms with Crippen molar-refractivity contribution in [3.8, 4) is 0 Å². The van der Waals surface area contributed by atoms with Gasteiger partial charge in [-0.1, -0.05) is 56.2 Å². The summed E-state index contributed by atoms with van der Waals surface area (Å²) in [7, 11) is 0. The maximum atomic E-state index is 11.1. The number of unbranched alkanes of at least 4 members (excludes halogenated alkanes) is 5. The Morgan fingerprint density at radius 3 is 2.36 bits per heavy atom. The normalized spacial score (nSPS) is 14.5. The minimum Gasteiger partial charge on any atom is -0.386 e. The number of rotatable bonds is 16. The van der Waals surface area contributed by atoms with Crippen molar-refractivity contribution in [2.75, 3.05) is 0 Å². The van der Waals surface area contributed by atoms with Crippen molar-refractivity contribution < 1.29 is 14.8 Å². The first kappa shape index (κ1) is 23.2. The van der Waals surface area contributed by atoms with Crippen LogP contribution in [0.4, 0.5) is 0 Å². The number of aliphatic hydroxyl groups is 1. The highest BCUT2D eigenvalue weighted by Gasteiger charge is 2.27. The number of nitro groups is 1. The van der Waals surface area contributed by atoms with Crippen LogP contribution in [0.3, 0.4) is 0 Å². The second-order valence-electron chi connectivity index (χ2n) is 6.05. The lowest BCUT2D eigenvalue weighted by atomic mass is 10.0. The van der Waals surface area contributed by atoms with E-state index in [0.29, 0.717) is 12.8 Å². The van der Waals surface area contributed by atoms with Gasteiger partial charge in [-0.25, -0.2) is 0 Å². The lowest BCUT2D eigenvalue weighted by Gasteiger charge is -2.12. The topological polar surface area (TPSA) is 80.4 Å². The number of carbonyl (C=O) groups excluding carboxylic acids is 1. The van der Waals surface area contributed by atoms with Gasteiger partial charge in [-0.2, -0.15) is 0 Å². The van der Waals surface area contributed by atoms with E-state index in [9.17, 15) is 20.0 Å². The first-order chi connectivity index (χ1) is 12.1. The summed E-state index contributed by atoms with van der Waals surface area (Å²) < 4.78 is 0. The third-order valence-corrected chi connectivity index (χ3v) is 3.88. The van der Waals surface area contributed by atoms with Crippen LogP contribution in [-0.2, 0) is 4.79 Å². The summed E-state index contributed by atoms with van der Waals surface area (Å²) >= 11 is 0. The van der Waals surface area contributed by atoms with Gasteiger partial charge in [0.25, 0.3) is 0 Å². The average Bonchev–Trinajstić information content (AvgIpc) is 2.58. The summed E-state index contributed by atoms with van der Waals surface area (Å²) in [6.07, 6.45) is 20.5. The summed E-state index contributed by atoms with van der Waals surface area (Å²) in [6.45, 7) is 1.98.